The molecular formula is C16H12FNO. The lowest BCUT2D eigenvalue weighted by Crippen LogP contribution is -1.95. The van der Waals surface area contributed by atoms with Crippen molar-refractivity contribution in [2.24, 2.45) is 0 Å². The normalized spacial score (nSPS) is 9.95. The molecule has 2 aromatic carbocycles. The average molecular weight is 253 g/mol. The van der Waals surface area contributed by atoms with Crippen LogP contribution < -0.4 is 0 Å². The number of carbonyl (C=O) groups is 1. The maximum absolute atomic E-state index is 13.4. The van der Waals surface area contributed by atoms with E-state index >= 15 is 0 Å². The van der Waals surface area contributed by atoms with Crippen LogP contribution in [0.3, 0.4) is 0 Å². The van der Waals surface area contributed by atoms with Crippen LogP contribution in [0.2, 0.25) is 0 Å². The van der Waals surface area contributed by atoms with E-state index in [0.717, 1.165) is 5.56 Å². The van der Waals surface area contributed by atoms with Gasteiger partial charge in [-0.25, -0.2) is 4.39 Å². The summed E-state index contributed by atoms with van der Waals surface area (Å²) in [6.45, 7) is 1.81. The lowest BCUT2D eigenvalue weighted by atomic mass is 10.0. The van der Waals surface area contributed by atoms with Gasteiger partial charge in [-0.05, 0) is 29.3 Å². The zero-order chi connectivity index (χ0) is 13.8. The summed E-state index contributed by atoms with van der Waals surface area (Å²) in [7, 11) is 0. The van der Waals surface area contributed by atoms with E-state index in [1.54, 1.807) is 30.3 Å². The number of benzene rings is 2. The molecule has 0 aliphatic carbocycles. The first-order valence-corrected chi connectivity index (χ1v) is 5.98. The summed E-state index contributed by atoms with van der Waals surface area (Å²) in [6.07, 6.45) is 0.456. The van der Waals surface area contributed by atoms with Crippen molar-refractivity contribution < 1.29 is 9.18 Å². The SMILES string of the molecule is CCC(=O)c1ccc(-c2cc(F)cc(C#N)c2)cc1. The first kappa shape index (κ1) is 13.0. The van der Waals surface area contributed by atoms with Crippen molar-refractivity contribution in [2.75, 3.05) is 0 Å². The molecule has 0 spiro atoms. The van der Waals surface area contributed by atoms with Gasteiger partial charge in [-0.2, -0.15) is 5.26 Å². The van der Waals surface area contributed by atoms with Crippen LogP contribution in [0.15, 0.2) is 42.5 Å². The molecule has 0 N–H and O–H groups in total. The summed E-state index contributed by atoms with van der Waals surface area (Å²) >= 11 is 0. The molecule has 0 aliphatic rings. The summed E-state index contributed by atoms with van der Waals surface area (Å²) < 4.78 is 13.4. The number of halogens is 1. The number of Topliss-reactive ketones (excluding diaryl/α,β-unsaturated/α-hetero) is 1. The Balaban J connectivity index is 2.40. The largest absolute Gasteiger partial charge is 0.294 e. The van der Waals surface area contributed by atoms with Crippen LogP contribution in [0.1, 0.15) is 29.3 Å². The van der Waals surface area contributed by atoms with E-state index < -0.39 is 5.82 Å². The minimum Gasteiger partial charge on any atom is -0.294 e. The Morgan fingerprint density at radius 2 is 1.84 bits per heavy atom. The number of hydrogen-bond donors (Lipinski definition) is 0. The van der Waals surface area contributed by atoms with Gasteiger partial charge < -0.3 is 0 Å². The smallest absolute Gasteiger partial charge is 0.162 e. The van der Waals surface area contributed by atoms with Gasteiger partial charge in [0.15, 0.2) is 5.78 Å². The van der Waals surface area contributed by atoms with Gasteiger partial charge in [0.1, 0.15) is 5.82 Å². The monoisotopic (exact) mass is 253 g/mol. The summed E-state index contributed by atoms with van der Waals surface area (Å²) in [6, 6.07) is 13.1. The predicted octanol–water partition coefficient (Wildman–Crippen LogP) is 3.96. The molecule has 0 atom stereocenters. The Kier molecular flexibility index (Phi) is 3.72. The van der Waals surface area contributed by atoms with Crippen molar-refractivity contribution in [3.05, 3.63) is 59.4 Å². The lowest BCUT2D eigenvalue weighted by Gasteiger charge is -2.04. The van der Waals surface area contributed by atoms with Gasteiger partial charge >= 0.3 is 0 Å². The van der Waals surface area contributed by atoms with E-state index in [4.69, 9.17) is 5.26 Å². The van der Waals surface area contributed by atoms with Gasteiger partial charge in [-0.15, -0.1) is 0 Å². The Morgan fingerprint density at radius 1 is 1.16 bits per heavy atom. The highest BCUT2D eigenvalue weighted by Gasteiger charge is 2.06. The Morgan fingerprint density at radius 3 is 2.42 bits per heavy atom. The number of hydrogen-bond acceptors (Lipinski definition) is 2. The minimum atomic E-state index is -0.442. The molecule has 0 unspecified atom stereocenters. The fourth-order valence-corrected chi connectivity index (χ4v) is 1.87. The summed E-state index contributed by atoms with van der Waals surface area (Å²) in [5.74, 6) is -0.369. The molecule has 0 amide bonds. The molecule has 19 heavy (non-hydrogen) atoms. The number of carbonyl (C=O) groups excluding carboxylic acids is 1. The van der Waals surface area contributed by atoms with Crippen LogP contribution in [0.25, 0.3) is 11.1 Å². The van der Waals surface area contributed by atoms with E-state index in [-0.39, 0.29) is 11.3 Å². The zero-order valence-electron chi connectivity index (χ0n) is 10.5. The molecule has 0 heterocycles. The lowest BCUT2D eigenvalue weighted by molar-refractivity contribution is 0.0988. The van der Waals surface area contributed by atoms with E-state index in [0.29, 0.717) is 17.5 Å². The topological polar surface area (TPSA) is 40.9 Å². The van der Waals surface area contributed by atoms with Crippen molar-refractivity contribution >= 4 is 5.78 Å². The molecule has 94 valence electrons. The fraction of sp³-hybridized carbons (Fsp3) is 0.125. The van der Waals surface area contributed by atoms with Gasteiger partial charge in [0, 0.05) is 12.0 Å². The van der Waals surface area contributed by atoms with Gasteiger partial charge in [0.25, 0.3) is 0 Å². The molecule has 0 aromatic heterocycles. The number of rotatable bonds is 3. The summed E-state index contributed by atoms with van der Waals surface area (Å²) in [5, 5.41) is 8.82. The predicted molar refractivity (Wildman–Crippen MR) is 71.2 cm³/mol. The van der Waals surface area contributed by atoms with E-state index in [9.17, 15) is 9.18 Å². The Hall–Kier alpha value is -2.47. The van der Waals surface area contributed by atoms with Crippen LogP contribution in [-0.4, -0.2) is 5.78 Å². The first-order chi connectivity index (χ1) is 9.13. The number of nitrogens with zero attached hydrogens (tertiary/aromatic N) is 1. The van der Waals surface area contributed by atoms with Gasteiger partial charge in [0.05, 0.1) is 11.6 Å². The molecule has 0 saturated heterocycles. The van der Waals surface area contributed by atoms with Gasteiger partial charge in [0.2, 0.25) is 0 Å². The molecule has 0 fully saturated rings. The van der Waals surface area contributed by atoms with Crippen molar-refractivity contribution in [3.63, 3.8) is 0 Å². The molecule has 3 heteroatoms. The highest BCUT2D eigenvalue weighted by Crippen LogP contribution is 2.22. The number of nitriles is 1. The van der Waals surface area contributed by atoms with Crippen LogP contribution in [0.4, 0.5) is 4.39 Å². The highest BCUT2D eigenvalue weighted by molar-refractivity contribution is 5.96. The highest BCUT2D eigenvalue weighted by atomic mass is 19.1. The van der Waals surface area contributed by atoms with E-state index in [1.807, 2.05) is 13.0 Å². The molecular weight excluding hydrogens is 241 g/mol. The van der Waals surface area contributed by atoms with E-state index in [2.05, 4.69) is 0 Å². The van der Waals surface area contributed by atoms with Gasteiger partial charge in [-0.1, -0.05) is 31.2 Å². The van der Waals surface area contributed by atoms with Crippen molar-refractivity contribution in [1.29, 1.82) is 5.26 Å². The molecule has 0 bridgehead atoms. The standard InChI is InChI=1S/C16H12FNO/c1-2-16(19)13-5-3-12(4-6-13)14-7-11(10-18)8-15(17)9-14/h3-9H,2H2,1H3. The second kappa shape index (κ2) is 5.45. The van der Waals surface area contributed by atoms with Crippen molar-refractivity contribution in [3.8, 4) is 17.2 Å². The molecule has 0 saturated carbocycles. The average Bonchev–Trinajstić information content (AvgIpc) is 2.46. The van der Waals surface area contributed by atoms with Crippen LogP contribution in [0, 0.1) is 17.1 Å². The minimum absolute atomic E-state index is 0.0727. The summed E-state index contributed by atoms with van der Waals surface area (Å²) in [4.78, 5) is 11.5. The zero-order valence-corrected chi connectivity index (χ0v) is 10.5. The van der Waals surface area contributed by atoms with E-state index in [1.165, 1.54) is 12.1 Å². The van der Waals surface area contributed by atoms with Gasteiger partial charge in [-0.3, -0.25) is 4.79 Å². The maximum atomic E-state index is 13.4. The van der Waals surface area contributed by atoms with Crippen LogP contribution >= 0.6 is 0 Å². The molecule has 0 aliphatic heterocycles. The molecule has 2 nitrogen and oxygen atoms in total. The number of ketones is 1. The molecule has 0 radical (unpaired) electrons. The van der Waals surface area contributed by atoms with Crippen molar-refractivity contribution in [2.45, 2.75) is 13.3 Å². The van der Waals surface area contributed by atoms with Crippen LogP contribution in [-0.2, 0) is 0 Å². The third kappa shape index (κ3) is 2.86. The quantitative estimate of drug-likeness (QED) is 0.777. The van der Waals surface area contributed by atoms with Crippen LogP contribution in [0.5, 0.6) is 0 Å². The molecule has 2 aromatic rings. The third-order valence-electron chi connectivity index (χ3n) is 2.89. The second-order valence-electron chi connectivity index (χ2n) is 4.19. The second-order valence-corrected chi connectivity index (χ2v) is 4.19. The fourth-order valence-electron chi connectivity index (χ4n) is 1.87. The molecule has 2 rings (SSSR count). The first-order valence-electron chi connectivity index (χ1n) is 5.98. The maximum Gasteiger partial charge on any atom is 0.162 e. The Bertz CT molecular complexity index is 653. The van der Waals surface area contributed by atoms with Crippen molar-refractivity contribution in [1.82, 2.24) is 0 Å². The third-order valence-corrected chi connectivity index (χ3v) is 2.89. The summed E-state index contributed by atoms with van der Waals surface area (Å²) in [5.41, 5.74) is 2.34. The Labute approximate surface area is 111 Å².